The van der Waals surface area contributed by atoms with Gasteiger partial charge in [0, 0.05) is 31.1 Å². The minimum atomic E-state index is -0.656. The monoisotopic (exact) mass is 644 g/mol. The summed E-state index contributed by atoms with van der Waals surface area (Å²) in [5, 5.41) is 9.27. The molecule has 0 unspecified atom stereocenters. The van der Waals surface area contributed by atoms with Gasteiger partial charge in [0.05, 0.1) is 5.88 Å². The van der Waals surface area contributed by atoms with E-state index >= 15 is 0 Å². The van der Waals surface area contributed by atoms with Gasteiger partial charge in [-0.2, -0.15) is 11.8 Å². The fraction of sp³-hybridized carbons (Fsp3) is 0.679. The van der Waals surface area contributed by atoms with Gasteiger partial charge in [-0.1, -0.05) is 49.6 Å². The van der Waals surface area contributed by atoms with Crippen LogP contribution >= 0.6 is 40.5 Å². The lowest BCUT2D eigenvalue weighted by Crippen LogP contribution is -2.55. The molecule has 2 fully saturated rings. The predicted molar refractivity (Wildman–Crippen MR) is 166 cm³/mol. The summed E-state index contributed by atoms with van der Waals surface area (Å²) >= 11 is 3.25. The SMILES string of the molecule is Br.CC(C)(C)OC(=O)N1CSC[C@H]1C(=O)N[C@@H](CSCC1CCCCC1)C(=O)NCCNCc1ccccc1. The third kappa shape index (κ3) is 12.3. The maximum absolute atomic E-state index is 13.3. The van der Waals surface area contributed by atoms with Gasteiger partial charge in [0.2, 0.25) is 11.8 Å². The first-order valence-electron chi connectivity index (χ1n) is 13.7. The molecule has 0 radical (unpaired) electrons. The molecule has 1 aliphatic heterocycles. The number of nitrogens with zero attached hydrogens (tertiary/aromatic N) is 1. The van der Waals surface area contributed by atoms with E-state index in [1.807, 2.05) is 39.0 Å². The van der Waals surface area contributed by atoms with E-state index in [1.165, 1.54) is 54.3 Å². The molecule has 1 heterocycles. The molecule has 1 saturated carbocycles. The maximum Gasteiger partial charge on any atom is 0.411 e. The Kier molecular flexibility index (Phi) is 15.1. The topological polar surface area (TPSA) is 99.8 Å². The number of ether oxygens (including phenoxy) is 1. The second-order valence-electron chi connectivity index (χ2n) is 11.0. The molecule has 0 spiro atoms. The Bertz CT molecular complexity index is 897. The number of carbonyl (C=O) groups excluding carboxylic acids is 3. The minimum absolute atomic E-state index is 0. The van der Waals surface area contributed by atoms with Crippen LogP contribution in [0.5, 0.6) is 0 Å². The van der Waals surface area contributed by atoms with E-state index in [0.717, 1.165) is 12.3 Å². The third-order valence-electron chi connectivity index (χ3n) is 6.58. The van der Waals surface area contributed by atoms with Crippen LogP contribution in [0, 0.1) is 5.92 Å². The lowest BCUT2D eigenvalue weighted by molar-refractivity contribution is -0.130. The van der Waals surface area contributed by atoms with Crippen molar-refractivity contribution in [2.45, 2.75) is 77.1 Å². The van der Waals surface area contributed by atoms with Gasteiger partial charge >= 0.3 is 6.09 Å². The third-order valence-corrected chi connectivity index (χ3v) is 8.87. The summed E-state index contributed by atoms with van der Waals surface area (Å²) < 4.78 is 5.50. The van der Waals surface area contributed by atoms with Crippen LogP contribution in [-0.2, 0) is 20.9 Å². The first-order valence-corrected chi connectivity index (χ1v) is 16.0. The molecule has 1 saturated heterocycles. The lowest BCUT2D eigenvalue weighted by atomic mass is 9.91. The number of hydrogen-bond donors (Lipinski definition) is 3. The Hall–Kier alpha value is -1.43. The van der Waals surface area contributed by atoms with Crippen LogP contribution in [0.4, 0.5) is 4.79 Å². The van der Waals surface area contributed by atoms with Crippen molar-refractivity contribution >= 4 is 58.4 Å². The number of nitrogens with one attached hydrogen (secondary N) is 3. The molecule has 3 amide bonds. The summed E-state index contributed by atoms with van der Waals surface area (Å²) in [6.07, 6.45) is 5.86. The highest BCUT2D eigenvalue weighted by Crippen LogP contribution is 2.27. The van der Waals surface area contributed by atoms with E-state index in [-0.39, 0.29) is 28.8 Å². The van der Waals surface area contributed by atoms with Crippen LogP contribution in [-0.4, -0.2) is 76.7 Å². The predicted octanol–water partition coefficient (Wildman–Crippen LogP) is 4.58. The van der Waals surface area contributed by atoms with Gasteiger partial charge in [0.25, 0.3) is 0 Å². The number of carbonyl (C=O) groups is 3. The highest BCUT2D eigenvalue weighted by Gasteiger charge is 2.38. The van der Waals surface area contributed by atoms with Gasteiger partial charge in [0.15, 0.2) is 0 Å². The molecule has 2 atom stereocenters. The standard InChI is InChI=1S/C28H44N4O4S2.BrH/c1-28(2,3)36-27(35)32-20-38-19-24(32)26(34)31-23(18-37-17-22-12-8-5-9-13-22)25(33)30-15-14-29-16-21-10-6-4-7-11-21;/h4,6-7,10-11,22-24,29H,5,8-9,12-20H2,1-3H3,(H,30,33)(H,31,34);1H/t23-,24-;/m0./s1. The van der Waals surface area contributed by atoms with Crippen molar-refractivity contribution in [3.8, 4) is 0 Å². The minimum Gasteiger partial charge on any atom is -0.444 e. The summed E-state index contributed by atoms with van der Waals surface area (Å²) in [6.45, 7) is 7.25. The highest BCUT2D eigenvalue weighted by atomic mass is 79.9. The van der Waals surface area contributed by atoms with E-state index in [1.54, 1.807) is 11.8 Å². The Morgan fingerprint density at radius 3 is 2.51 bits per heavy atom. The largest absolute Gasteiger partial charge is 0.444 e. The van der Waals surface area contributed by atoms with E-state index in [9.17, 15) is 14.4 Å². The maximum atomic E-state index is 13.3. The van der Waals surface area contributed by atoms with Gasteiger partial charge in [-0.05, 0) is 50.8 Å². The first kappa shape index (κ1) is 33.8. The van der Waals surface area contributed by atoms with Gasteiger partial charge in [-0.25, -0.2) is 4.79 Å². The number of hydrogen-bond acceptors (Lipinski definition) is 7. The molecule has 39 heavy (non-hydrogen) atoms. The van der Waals surface area contributed by atoms with Gasteiger partial charge in [-0.15, -0.1) is 28.7 Å². The number of benzene rings is 1. The highest BCUT2D eigenvalue weighted by molar-refractivity contribution is 8.93. The average Bonchev–Trinajstić information content (AvgIpc) is 3.39. The summed E-state index contributed by atoms with van der Waals surface area (Å²) in [5.74, 6) is 2.58. The number of halogens is 1. The molecular formula is C28H45BrN4O4S2. The van der Waals surface area contributed by atoms with E-state index in [0.29, 0.717) is 36.4 Å². The van der Waals surface area contributed by atoms with Crippen molar-refractivity contribution in [3.05, 3.63) is 35.9 Å². The van der Waals surface area contributed by atoms with Crippen molar-refractivity contribution in [1.29, 1.82) is 0 Å². The molecule has 8 nitrogen and oxygen atoms in total. The fourth-order valence-corrected chi connectivity index (χ4v) is 6.96. The molecule has 1 aromatic rings. The van der Waals surface area contributed by atoms with E-state index in [2.05, 4.69) is 28.1 Å². The second kappa shape index (κ2) is 17.4. The molecule has 11 heteroatoms. The summed E-state index contributed by atoms with van der Waals surface area (Å²) in [4.78, 5) is 40.5. The molecule has 1 aliphatic carbocycles. The van der Waals surface area contributed by atoms with Gasteiger partial charge in [-0.3, -0.25) is 14.5 Å². The summed E-state index contributed by atoms with van der Waals surface area (Å²) in [6, 6.07) is 8.80. The fourth-order valence-electron chi connectivity index (χ4n) is 4.54. The summed E-state index contributed by atoms with van der Waals surface area (Å²) in [7, 11) is 0. The zero-order valence-electron chi connectivity index (χ0n) is 23.4. The smallest absolute Gasteiger partial charge is 0.411 e. The number of thioether (sulfide) groups is 2. The van der Waals surface area contributed by atoms with Crippen LogP contribution in [0.25, 0.3) is 0 Å². The van der Waals surface area contributed by atoms with Crippen LogP contribution in [0.1, 0.15) is 58.4 Å². The number of rotatable bonds is 12. The van der Waals surface area contributed by atoms with Crippen LogP contribution < -0.4 is 16.0 Å². The first-order chi connectivity index (χ1) is 18.2. The molecule has 3 rings (SSSR count). The Morgan fingerprint density at radius 2 is 1.82 bits per heavy atom. The van der Waals surface area contributed by atoms with Gasteiger partial charge < -0.3 is 20.7 Å². The molecular weight excluding hydrogens is 600 g/mol. The molecule has 1 aromatic carbocycles. The van der Waals surface area contributed by atoms with Crippen molar-refractivity contribution in [2.24, 2.45) is 5.92 Å². The Morgan fingerprint density at radius 1 is 1.10 bits per heavy atom. The molecule has 220 valence electrons. The van der Waals surface area contributed by atoms with Crippen molar-refractivity contribution in [1.82, 2.24) is 20.9 Å². The zero-order chi connectivity index (χ0) is 27.4. The van der Waals surface area contributed by atoms with Crippen LogP contribution in [0.3, 0.4) is 0 Å². The van der Waals surface area contributed by atoms with E-state index < -0.39 is 23.8 Å². The lowest BCUT2D eigenvalue weighted by Gasteiger charge is -2.28. The van der Waals surface area contributed by atoms with Crippen molar-refractivity contribution < 1.29 is 19.1 Å². The van der Waals surface area contributed by atoms with Crippen LogP contribution in [0.2, 0.25) is 0 Å². The quantitative estimate of drug-likeness (QED) is 0.287. The zero-order valence-corrected chi connectivity index (χ0v) is 26.8. The number of amides is 3. The molecule has 3 N–H and O–H groups in total. The Labute approximate surface area is 252 Å². The van der Waals surface area contributed by atoms with E-state index in [4.69, 9.17) is 4.74 Å². The Balaban J connectivity index is 0.00000533. The summed E-state index contributed by atoms with van der Waals surface area (Å²) in [5.41, 5.74) is 0.546. The van der Waals surface area contributed by atoms with Crippen LogP contribution in [0.15, 0.2) is 30.3 Å². The second-order valence-corrected chi connectivity index (χ2v) is 13.1. The molecule has 2 aliphatic rings. The van der Waals surface area contributed by atoms with Gasteiger partial charge in [0.1, 0.15) is 17.7 Å². The normalized spacial score (nSPS) is 18.6. The van der Waals surface area contributed by atoms with Crippen molar-refractivity contribution in [2.75, 3.05) is 36.2 Å². The molecule has 0 bridgehead atoms. The molecule has 0 aromatic heterocycles. The average molecular weight is 646 g/mol. The van der Waals surface area contributed by atoms with Crippen molar-refractivity contribution in [3.63, 3.8) is 0 Å².